The van der Waals surface area contributed by atoms with Gasteiger partial charge in [-0.05, 0) is 74.1 Å². The Morgan fingerprint density at radius 1 is 0.400 bits per heavy atom. The Labute approximate surface area is 319 Å². The second-order valence-electron chi connectivity index (χ2n) is 14.3. The van der Waals surface area contributed by atoms with E-state index in [-0.39, 0.29) is 0 Å². The molecule has 0 radical (unpaired) electrons. The van der Waals surface area contributed by atoms with Crippen LogP contribution in [0.4, 0.5) is 0 Å². The van der Waals surface area contributed by atoms with E-state index in [1.807, 2.05) is 29.8 Å². The van der Waals surface area contributed by atoms with Crippen molar-refractivity contribution in [3.8, 4) is 33.5 Å². The standard InChI is InChI=1S/C51H29N3S/c1-3-17-36-34(15-1)45(35-16-2-4-18-37(35)46(36)38-26-28-53-50-39(38)23-22-30-13-10-27-52-49(30)50)31-11-9-12-32(29-31)48-42-25-24-40-33-14-6-8-21-44(33)55-51(40)47(42)41-19-5-7-20-43(41)54-48/h1-29H. The van der Waals surface area contributed by atoms with Crippen molar-refractivity contribution < 1.29 is 0 Å². The molecule has 0 N–H and O–H groups in total. The van der Waals surface area contributed by atoms with E-state index < -0.39 is 0 Å². The van der Waals surface area contributed by atoms with Crippen molar-refractivity contribution in [3.05, 3.63) is 176 Å². The highest BCUT2D eigenvalue weighted by molar-refractivity contribution is 7.26. The van der Waals surface area contributed by atoms with Gasteiger partial charge < -0.3 is 0 Å². The minimum atomic E-state index is 0.920. The highest BCUT2D eigenvalue weighted by Crippen LogP contribution is 2.47. The molecule has 254 valence electrons. The molecule has 8 aromatic carbocycles. The van der Waals surface area contributed by atoms with Crippen LogP contribution in [-0.2, 0) is 0 Å². The third-order valence-corrected chi connectivity index (χ3v) is 12.5. The van der Waals surface area contributed by atoms with Gasteiger partial charge in [0, 0.05) is 65.1 Å². The maximum Gasteiger partial charge on any atom is 0.0970 e. The summed E-state index contributed by atoms with van der Waals surface area (Å²) in [5.74, 6) is 0. The SMILES string of the molecule is c1cc(-c2c3ccccc3c(-c3ccnc4c3ccc3cccnc34)c3ccccc23)cc(-c2nc3ccccc3c3c2ccc2c4ccccc4sc23)c1. The van der Waals surface area contributed by atoms with Gasteiger partial charge in [-0.3, -0.25) is 9.97 Å². The molecule has 12 rings (SSSR count). The summed E-state index contributed by atoms with van der Waals surface area (Å²) in [6.07, 6.45) is 3.78. The van der Waals surface area contributed by atoms with Gasteiger partial charge in [0.1, 0.15) is 0 Å². The first kappa shape index (κ1) is 30.5. The lowest BCUT2D eigenvalue weighted by Gasteiger charge is -2.19. The summed E-state index contributed by atoms with van der Waals surface area (Å²) in [6, 6.07) is 59.2. The third-order valence-electron chi connectivity index (χ3n) is 11.3. The quantitative estimate of drug-likeness (QED) is 0.135. The second kappa shape index (κ2) is 11.7. The van der Waals surface area contributed by atoms with Crippen molar-refractivity contribution in [2.45, 2.75) is 0 Å². The van der Waals surface area contributed by atoms with Gasteiger partial charge in [-0.2, -0.15) is 0 Å². The van der Waals surface area contributed by atoms with Gasteiger partial charge in [0.25, 0.3) is 0 Å². The lowest BCUT2D eigenvalue weighted by molar-refractivity contribution is 1.37. The summed E-state index contributed by atoms with van der Waals surface area (Å²) in [5.41, 5.74) is 9.71. The van der Waals surface area contributed by atoms with Crippen LogP contribution in [0.3, 0.4) is 0 Å². The van der Waals surface area contributed by atoms with Crippen molar-refractivity contribution in [1.29, 1.82) is 0 Å². The highest BCUT2D eigenvalue weighted by atomic mass is 32.1. The first-order chi connectivity index (χ1) is 27.3. The van der Waals surface area contributed by atoms with E-state index in [9.17, 15) is 0 Å². The van der Waals surface area contributed by atoms with E-state index in [1.54, 1.807) is 0 Å². The van der Waals surface area contributed by atoms with Crippen LogP contribution in [0, 0.1) is 0 Å². The fraction of sp³-hybridized carbons (Fsp3) is 0. The van der Waals surface area contributed by atoms with Gasteiger partial charge in [0.15, 0.2) is 0 Å². The summed E-state index contributed by atoms with van der Waals surface area (Å²) in [7, 11) is 0. The number of nitrogens with zero attached hydrogens (tertiary/aromatic N) is 3. The molecule has 4 aromatic heterocycles. The molecule has 3 nitrogen and oxygen atoms in total. The summed E-state index contributed by atoms with van der Waals surface area (Å²) in [6.45, 7) is 0. The summed E-state index contributed by atoms with van der Waals surface area (Å²) in [4.78, 5) is 15.0. The van der Waals surface area contributed by atoms with Gasteiger partial charge in [0.05, 0.1) is 22.2 Å². The Hall–Kier alpha value is -7.01. The fourth-order valence-corrected chi connectivity index (χ4v) is 10.2. The van der Waals surface area contributed by atoms with Crippen molar-refractivity contribution >= 4 is 96.5 Å². The van der Waals surface area contributed by atoms with Gasteiger partial charge in [-0.15, -0.1) is 11.3 Å². The second-order valence-corrected chi connectivity index (χ2v) is 15.3. The van der Waals surface area contributed by atoms with Crippen LogP contribution in [0.2, 0.25) is 0 Å². The van der Waals surface area contributed by atoms with Gasteiger partial charge in [-0.25, -0.2) is 4.98 Å². The van der Waals surface area contributed by atoms with Crippen LogP contribution in [-0.4, -0.2) is 15.0 Å². The summed E-state index contributed by atoms with van der Waals surface area (Å²) < 4.78 is 2.62. The minimum absolute atomic E-state index is 0.920. The summed E-state index contributed by atoms with van der Waals surface area (Å²) >= 11 is 1.88. The molecule has 0 unspecified atom stereocenters. The Bertz CT molecular complexity index is 3510. The predicted octanol–water partition coefficient (Wildman–Crippen LogP) is 14.2. The molecule has 0 aliphatic carbocycles. The van der Waals surface area contributed by atoms with E-state index in [0.29, 0.717) is 0 Å². The van der Waals surface area contributed by atoms with Crippen molar-refractivity contribution in [2.75, 3.05) is 0 Å². The van der Waals surface area contributed by atoms with Gasteiger partial charge >= 0.3 is 0 Å². The number of pyridine rings is 3. The van der Waals surface area contributed by atoms with Crippen LogP contribution in [0.5, 0.6) is 0 Å². The zero-order valence-electron chi connectivity index (χ0n) is 29.5. The maximum atomic E-state index is 5.39. The molecule has 55 heavy (non-hydrogen) atoms. The topological polar surface area (TPSA) is 38.7 Å². The van der Waals surface area contributed by atoms with Crippen LogP contribution in [0.15, 0.2) is 176 Å². The molecule has 0 spiro atoms. The first-order valence-corrected chi connectivity index (χ1v) is 19.4. The molecular formula is C51H29N3S. The van der Waals surface area contributed by atoms with E-state index in [4.69, 9.17) is 15.0 Å². The third kappa shape index (κ3) is 4.46. The highest BCUT2D eigenvalue weighted by Gasteiger charge is 2.21. The lowest BCUT2D eigenvalue weighted by Crippen LogP contribution is -1.94. The normalized spacial score (nSPS) is 12.0. The van der Waals surface area contributed by atoms with Crippen molar-refractivity contribution in [2.24, 2.45) is 0 Å². The number of aromatic nitrogens is 3. The number of rotatable bonds is 3. The molecule has 0 aliphatic heterocycles. The molecule has 0 saturated carbocycles. The number of hydrogen-bond donors (Lipinski definition) is 0. The van der Waals surface area contributed by atoms with E-state index in [1.165, 1.54) is 69.0 Å². The van der Waals surface area contributed by atoms with Crippen LogP contribution < -0.4 is 0 Å². The molecule has 0 saturated heterocycles. The Balaban J connectivity index is 1.13. The molecule has 4 heterocycles. The first-order valence-electron chi connectivity index (χ1n) is 18.6. The van der Waals surface area contributed by atoms with E-state index in [2.05, 4.69) is 158 Å². The monoisotopic (exact) mass is 715 g/mol. The average molecular weight is 716 g/mol. The smallest absolute Gasteiger partial charge is 0.0970 e. The molecular weight excluding hydrogens is 687 g/mol. The molecule has 0 amide bonds. The predicted molar refractivity (Wildman–Crippen MR) is 234 cm³/mol. The Morgan fingerprint density at radius 2 is 1.05 bits per heavy atom. The molecule has 0 fully saturated rings. The summed E-state index contributed by atoms with van der Waals surface area (Å²) in [5, 5.41) is 13.3. The van der Waals surface area contributed by atoms with E-state index >= 15 is 0 Å². The molecule has 0 bridgehead atoms. The average Bonchev–Trinajstić information content (AvgIpc) is 3.64. The number of fused-ring (bicyclic) bond motifs is 12. The van der Waals surface area contributed by atoms with E-state index in [0.717, 1.165) is 49.7 Å². The number of thiophene rings is 1. The van der Waals surface area contributed by atoms with Gasteiger partial charge in [-0.1, -0.05) is 133 Å². The molecule has 0 atom stereocenters. The molecule has 0 aliphatic rings. The minimum Gasteiger partial charge on any atom is -0.254 e. The lowest BCUT2D eigenvalue weighted by atomic mass is 9.84. The number of para-hydroxylation sites is 1. The Kier molecular flexibility index (Phi) is 6.50. The van der Waals surface area contributed by atoms with Crippen LogP contribution >= 0.6 is 11.3 Å². The number of benzene rings is 8. The van der Waals surface area contributed by atoms with Crippen LogP contribution in [0.25, 0.3) is 119 Å². The largest absolute Gasteiger partial charge is 0.254 e. The zero-order chi connectivity index (χ0) is 36.0. The molecule has 4 heteroatoms. The number of hydrogen-bond acceptors (Lipinski definition) is 4. The van der Waals surface area contributed by atoms with Crippen molar-refractivity contribution in [1.82, 2.24) is 15.0 Å². The zero-order valence-corrected chi connectivity index (χ0v) is 30.3. The molecule has 12 aromatic rings. The fourth-order valence-electron chi connectivity index (χ4n) is 8.96. The van der Waals surface area contributed by atoms with Crippen LogP contribution in [0.1, 0.15) is 0 Å². The van der Waals surface area contributed by atoms with Crippen molar-refractivity contribution in [3.63, 3.8) is 0 Å². The Morgan fingerprint density at radius 3 is 1.87 bits per heavy atom. The van der Waals surface area contributed by atoms with Gasteiger partial charge in [0.2, 0.25) is 0 Å². The maximum absolute atomic E-state index is 5.39.